The average molecular weight is 500 g/mol. The number of anilines is 1. The number of hydrogen-bond acceptors (Lipinski definition) is 6. The van der Waals surface area contributed by atoms with Gasteiger partial charge in [0, 0.05) is 29.9 Å². The summed E-state index contributed by atoms with van der Waals surface area (Å²) in [5.74, 6) is 0.238. The van der Waals surface area contributed by atoms with Crippen molar-refractivity contribution in [3.63, 3.8) is 0 Å². The number of aromatic nitrogens is 1. The lowest BCUT2D eigenvalue weighted by Gasteiger charge is -2.08. The molecule has 1 N–H and O–H groups in total. The number of aryl methyl sites for hydroxylation is 1. The number of ether oxygens (including phenoxy) is 2. The molecule has 2 heterocycles. The van der Waals surface area contributed by atoms with Crippen LogP contribution in [0.15, 0.2) is 70.6 Å². The van der Waals surface area contributed by atoms with E-state index in [2.05, 4.69) is 9.71 Å². The van der Waals surface area contributed by atoms with Gasteiger partial charge in [-0.1, -0.05) is 17.4 Å². The van der Waals surface area contributed by atoms with Crippen molar-refractivity contribution in [3.05, 3.63) is 76.8 Å². The number of nitrogens with one attached hydrogen (secondary N) is 1. The summed E-state index contributed by atoms with van der Waals surface area (Å²) < 4.78 is 54.4. The van der Waals surface area contributed by atoms with Crippen molar-refractivity contribution in [1.82, 2.24) is 4.57 Å². The van der Waals surface area contributed by atoms with Crippen LogP contribution in [-0.2, 0) is 16.6 Å². The van der Waals surface area contributed by atoms with Crippen LogP contribution >= 0.6 is 11.3 Å². The predicted molar refractivity (Wildman–Crippen MR) is 125 cm³/mol. The standard InChI is InChI=1S/C23H18FN3O5S2/c1-2-27-18-11-19-20(32-13-31-19)12-21(18)33-23(27)25-22(28)14-4-3-5-16(10-14)26-34(29,30)17-8-6-15(24)7-9-17/h3-12,26H,2,13H2,1H3. The van der Waals surface area contributed by atoms with E-state index in [4.69, 9.17) is 9.47 Å². The van der Waals surface area contributed by atoms with Crippen LogP contribution in [0.4, 0.5) is 10.1 Å². The third-order valence-electron chi connectivity index (χ3n) is 5.18. The molecule has 0 radical (unpaired) electrons. The molecule has 0 fully saturated rings. The molecule has 5 rings (SSSR count). The molecule has 0 saturated carbocycles. The zero-order valence-corrected chi connectivity index (χ0v) is 19.5. The monoisotopic (exact) mass is 499 g/mol. The smallest absolute Gasteiger partial charge is 0.279 e. The molecule has 4 aromatic rings. The Morgan fingerprint density at radius 3 is 2.59 bits per heavy atom. The molecule has 1 aromatic heterocycles. The van der Waals surface area contributed by atoms with Gasteiger partial charge in [0.15, 0.2) is 16.3 Å². The van der Waals surface area contributed by atoms with Gasteiger partial charge in [-0.3, -0.25) is 9.52 Å². The van der Waals surface area contributed by atoms with E-state index in [1.807, 2.05) is 23.6 Å². The number of fused-ring (bicyclic) bond motifs is 2. The number of sulfonamides is 1. The molecule has 8 nitrogen and oxygen atoms in total. The first-order chi connectivity index (χ1) is 16.3. The fourth-order valence-electron chi connectivity index (χ4n) is 3.55. The van der Waals surface area contributed by atoms with E-state index >= 15 is 0 Å². The Bertz CT molecular complexity index is 1590. The van der Waals surface area contributed by atoms with Crippen molar-refractivity contribution in [1.29, 1.82) is 0 Å². The zero-order chi connectivity index (χ0) is 23.9. The van der Waals surface area contributed by atoms with Gasteiger partial charge in [0.1, 0.15) is 5.82 Å². The van der Waals surface area contributed by atoms with E-state index in [0.717, 1.165) is 22.3 Å². The molecule has 0 bridgehead atoms. The SMILES string of the molecule is CCn1c(=NC(=O)c2cccc(NS(=O)(=O)c3ccc(F)cc3)c2)sc2cc3c(cc21)OCO3. The molecule has 1 aliphatic heterocycles. The molecule has 1 aliphatic rings. The second-order valence-electron chi connectivity index (χ2n) is 7.36. The van der Waals surface area contributed by atoms with Crippen LogP contribution in [0, 0.1) is 5.82 Å². The summed E-state index contributed by atoms with van der Waals surface area (Å²) in [6, 6.07) is 14.2. The van der Waals surface area contributed by atoms with Gasteiger partial charge in [-0.2, -0.15) is 4.99 Å². The molecule has 0 unspecified atom stereocenters. The number of hydrogen-bond donors (Lipinski definition) is 1. The highest BCUT2D eigenvalue weighted by Crippen LogP contribution is 2.37. The topological polar surface area (TPSA) is 99.0 Å². The lowest BCUT2D eigenvalue weighted by molar-refractivity contribution is 0.0998. The lowest BCUT2D eigenvalue weighted by Crippen LogP contribution is -2.16. The molecule has 174 valence electrons. The Morgan fingerprint density at radius 2 is 1.85 bits per heavy atom. The molecule has 1 amide bonds. The molecular formula is C23H18FN3O5S2. The van der Waals surface area contributed by atoms with Gasteiger partial charge in [0.25, 0.3) is 15.9 Å². The summed E-state index contributed by atoms with van der Waals surface area (Å²) >= 11 is 1.35. The number of rotatable bonds is 5. The maximum atomic E-state index is 13.1. The molecule has 3 aromatic carbocycles. The molecule has 0 spiro atoms. The molecule has 34 heavy (non-hydrogen) atoms. The van der Waals surface area contributed by atoms with Crippen LogP contribution in [0.2, 0.25) is 0 Å². The van der Waals surface area contributed by atoms with Crippen LogP contribution in [0.3, 0.4) is 0 Å². The van der Waals surface area contributed by atoms with Crippen LogP contribution < -0.4 is 19.0 Å². The van der Waals surface area contributed by atoms with E-state index in [9.17, 15) is 17.6 Å². The van der Waals surface area contributed by atoms with Crippen molar-refractivity contribution < 1.29 is 27.1 Å². The van der Waals surface area contributed by atoms with Crippen LogP contribution in [0.5, 0.6) is 11.5 Å². The fourth-order valence-corrected chi connectivity index (χ4v) is 5.70. The second-order valence-corrected chi connectivity index (χ2v) is 10.1. The van der Waals surface area contributed by atoms with Crippen LogP contribution in [-0.4, -0.2) is 25.7 Å². The largest absolute Gasteiger partial charge is 0.454 e. The van der Waals surface area contributed by atoms with Crippen LogP contribution in [0.25, 0.3) is 10.2 Å². The van der Waals surface area contributed by atoms with E-state index in [1.54, 1.807) is 12.1 Å². The molecule has 0 saturated heterocycles. The van der Waals surface area contributed by atoms with E-state index < -0.39 is 21.7 Å². The van der Waals surface area contributed by atoms with E-state index in [1.165, 1.54) is 35.6 Å². The van der Waals surface area contributed by atoms with E-state index in [-0.39, 0.29) is 22.9 Å². The Morgan fingerprint density at radius 1 is 1.12 bits per heavy atom. The fraction of sp³-hybridized carbons (Fsp3) is 0.130. The number of carbonyl (C=O) groups excluding carboxylic acids is 1. The third kappa shape index (κ3) is 4.15. The summed E-state index contributed by atoms with van der Waals surface area (Å²) in [5.41, 5.74) is 1.29. The zero-order valence-electron chi connectivity index (χ0n) is 17.8. The predicted octanol–water partition coefficient (Wildman–Crippen LogP) is 4.13. The average Bonchev–Trinajstić information content (AvgIpc) is 3.40. The highest BCUT2D eigenvalue weighted by atomic mass is 32.2. The summed E-state index contributed by atoms with van der Waals surface area (Å²) in [5, 5.41) is 0. The normalized spacial score (nSPS) is 13.4. The van der Waals surface area contributed by atoms with Gasteiger partial charge in [0.05, 0.1) is 15.1 Å². The molecule has 0 atom stereocenters. The highest BCUT2D eigenvalue weighted by molar-refractivity contribution is 7.92. The van der Waals surface area contributed by atoms with E-state index in [0.29, 0.717) is 22.8 Å². The Balaban J connectivity index is 1.46. The lowest BCUT2D eigenvalue weighted by atomic mass is 10.2. The second kappa shape index (κ2) is 8.58. The Labute approximate surface area is 198 Å². The molecular weight excluding hydrogens is 481 g/mol. The molecule has 11 heteroatoms. The van der Waals surface area contributed by atoms with Crippen molar-refractivity contribution >= 4 is 43.2 Å². The maximum Gasteiger partial charge on any atom is 0.279 e. The van der Waals surface area contributed by atoms with Gasteiger partial charge in [-0.25, -0.2) is 12.8 Å². The quantitative estimate of drug-likeness (QED) is 0.445. The number of amides is 1. The van der Waals surface area contributed by atoms with Gasteiger partial charge in [-0.15, -0.1) is 0 Å². The Kier molecular flexibility index (Phi) is 5.58. The van der Waals surface area contributed by atoms with Crippen molar-refractivity contribution in [2.75, 3.05) is 11.5 Å². The maximum absolute atomic E-state index is 13.1. The number of thiazole rings is 1. The van der Waals surface area contributed by atoms with Crippen molar-refractivity contribution in [2.24, 2.45) is 4.99 Å². The minimum atomic E-state index is -3.95. The summed E-state index contributed by atoms with van der Waals surface area (Å²) in [7, 11) is -3.95. The van der Waals surface area contributed by atoms with Gasteiger partial charge < -0.3 is 14.0 Å². The number of halogens is 1. The van der Waals surface area contributed by atoms with Crippen LogP contribution in [0.1, 0.15) is 17.3 Å². The number of nitrogens with zero attached hydrogens (tertiary/aromatic N) is 2. The molecule has 0 aliphatic carbocycles. The summed E-state index contributed by atoms with van der Waals surface area (Å²) in [4.78, 5) is 17.6. The highest BCUT2D eigenvalue weighted by Gasteiger charge is 2.18. The van der Waals surface area contributed by atoms with Gasteiger partial charge in [-0.05, 0) is 49.4 Å². The first-order valence-corrected chi connectivity index (χ1v) is 12.5. The Hall–Kier alpha value is -3.70. The minimum absolute atomic E-state index is 0.0931. The summed E-state index contributed by atoms with van der Waals surface area (Å²) in [6.45, 7) is 2.71. The van der Waals surface area contributed by atoms with Gasteiger partial charge in [0.2, 0.25) is 6.79 Å². The first kappa shape index (κ1) is 22.1. The van der Waals surface area contributed by atoms with Gasteiger partial charge >= 0.3 is 0 Å². The number of carbonyl (C=O) groups is 1. The number of benzene rings is 3. The summed E-state index contributed by atoms with van der Waals surface area (Å²) in [6.07, 6.45) is 0. The van der Waals surface area contributed by atoms with Crippen molar-refractivity contribution in [2.45, 2.75) is 18.4 Å². The third-order valence-corrected chi connectivity index (χ3v) is 7.61. The first-order valence-electron chi connectivity index (χ1n) is 10.2. The van der Waals surface area contributed by atoms with Crippen molar-refractivity contribution in [3.8, 4) is 11.5 Å². The minimum Gasteiger partial charge on any atom is -0.454 e.